The van der Waals surface area contributed by atoms with Gasteiger partial charge in [0, 0.05) is 5.69 Å². The molecule has 152 valence electrons. The largest absolute Gasteiger partial charge is 0.416 e. The minimum Gasteiger partial charge on any atom is -0.324 e. The van der Waals surface area contributed by atoms with E-state index in [9.17, 15) is 27.6 Å². The van der Waals surface area contributed by atoms with Crippen molar-refractivity contribution >= 4 is 35.2 Å². The van der Waals surface area contributed by atoms with E-state index in [1.165, 1.54) is 23.9 Å². The topological polar surface area (TPSA) is 66.5 Å². The maximum Gasteiger partial charge on any atom is 0.416 e. The van der Waals surface area contributed by atoms with Gasteiger partial charge in [-0.25, -0.2) is 0 Å². The highest BCUT2D eigenvalue weighted by atomic mass is 32.2. The number of benzene rings is 2. The summed E-state index contributed by atoms with van der Waals surface area (Å²) < 4.78 is 38.1. The van der Waals surface area contributed by atoms with Crippen LogP contribution in [0.1, 0.15) is 32.7 Å². The maximum atomic E-state index is 12.8. The minimum absolute atomic E-state index is 0.147. The lowest BCUT2D eigenvalue weighted by Gasteiger charge is -2.25. The molecule has 0 bridgehead atoms. The predicted octanol–water partition coefficient (Wildman–Crippen LogP) is 4.06. The number of rotatable bonds is 6. The minimum atomic E-state index is -4.48. The van der Waals surface area contributed by atoms with Gasteiger partial charge in [-0.2, -0.15) is 24.9 Å². The number of imide groups is 1. The number of hydrogen-bond donors (Lipinski definition) is 1. The van der Waals surface area contributed by atoms with Crippen LogP contribution < -0.4 is 5.32 Å². The Hall–Kier alpha value is -2.81. The van der Waals surface area contributed by atoms with E-state index in [0.717, 1.165) is 29.2 Å². The van der Waals surface area contributed by atoms with Gasteiger partial charge in [-0.1, -0.05) is 12.1 Å². The van der Waals surface area contributed by atoms with Crippen molar-refractivity contribution in [2.45, 2.75) is 18.6 Å². The van der Waals surface area contributed by atoms with Gasteiger partial charge in [0.05, 0.1) is 16.7 Å². The average Bonchev–Trinajstić information content (AvgIpc) is 2.93. The molecule has 0 fully saturated rings. The van der Waals surface area contributed by atoms with Crippen LogP contribution in [0.25, 0.3) is 0 Å². The van der Waals surface area contributed by atoms with Gasteiger partial charge in [0.15, 0.2) is 0 Å². The van der Waals surface area contributed by atoms with E-state index >= 15 is 0 Å². The lowest BCUT2D eigenvalue weighted by Crippen LogP contribution is -2.47. The number of alkyl halides is 3. The molecule has 0 aromatic heterocycles. The van der Waals surface area contributed by atoms with Gasteiger partial charge in [-0.15, -0.1) is 0 Å². The second-order valence-corrected chi connectivity index (χ2v) is 7.37. The quantitative estimate of drug-likeness (QED) is 0.713. The number of halogens is 3. The maximum absolute atomic E-state index is 12.8. The molecule has 5 nitrogen and oxygen atoms in total. The SMILES string of the molecule is CSCCC(C(=O)Nc1ccc(C(F)(F)F)cc1)N1C(=O)c2ccccc2C1=O. The molecule has 1 aliphatic rings. The van der Waals surface area contributed by atoms with E-state index in [2.05, 4.69) is 5.32 Å². The number of nitrogens with zero attached hydrogens (tertiary/aromatic N) is 1. The van der Waals surface area contributed by atoms with Gasteiger partial charge in [-0.05, 0) is 54.8 Å². The fraction of sp³-hybridized carbons (Fsp3) is 0.250. The molecule has 9 heteroatoms. The molecule has 0 spiro atoms. The number of amides is 3. The molecule has 2 aromatic rings. The van der Waals surface area contributed by atoms with Crippen molar-refractivity contribution < 1.29 is 27.6 Å². The number of carbonyl (C=O) groups is 3. The number of nitrogens with one attached hydrogen (secondary N) is 1. The normalized spacial score (nSPS) is 14.7. The zero-order valence-electron chi connectivity index (χ0n) is 15.3. The van der Waals surface area contributed by atoms with Crippen molar-refractivity contribution in [2.75, 3.05) is 17.3 Å². The molecule has 0 saturated carbocycles. The summed E-state index contributed by atoms with van der Waals surface area (Å²) in [4.78, 5) is 39.2. The fourth-order valence-electron chi connectivity index (χ4n) is 3.07. The monoisotopic (exact) mass is 422 g/mol. The molecule has 1 N–H and O–H groups in total. The number of fused-ring (bicyclic) bond motifs is 1. The van der Waals surface area contributed by atoms with E-state index < -0.39 is 35.5 Å². The number of anilines is 1. The third-order valence-electron chi connectivity index (χ3n) is 4.51. The van der Waals surface area contributed by atoms with E-state index in [1.807, 2.05) is 6.26 Å². The molecule has 1 unspecified atom stereocenters. The van der Waals surface area contributed by atoms with Gasteiger partial charge in [0.25, 0.3) is 11.8 Å². The molecule has 1 aliphatic heterocycles. The summed E-state index contributed by atoms with van der Waals surface area (Å²) in [6.07, 6.45) is -2.43. The van der Waals surface area contributed by atoms with E-state index in [0.29, 0.717) is 5.75 Å². The summed E-state index contributed by atoms with van der Waals surface area (Å²) in [5.74, 6) is -1.23. The molecule has 0 radical (unpaired) electrons. The molecule has 2 aromatic carbocycles. The van der Waals surface area contributed by atoms with Crippen molar-refractivity contribution in [1.29, 1.82) is 0 Å². The molecule has 3 rings (SSSR count). The van der Waals surface area contributed by atoms with Gasteiger partial charge < -0.3 is 5.32 Å². The highest BCUT2D eigenvalue weighted by Gasteiger charge is 2.42. The Morgan fingerprint density at radius 1 is 1.03 bits per heavy atom. The standard InChI is InChI=1S/C20H17F3N2O3S/c1-29-11-10-16(25-18(27)14-4-2-3-5-15(14)19(25)28)17(26)24-13-8-6-12(7-9-13)20(21,22)23/h2-9,16H,10-11H2,1H3,(H,24,26). The number of carbonyl (C=O) groups excluding carboxylic acids is 3. The Kier molecular flexibility index (Phi) is 5.97. The summed E-state index contributed by atoms with van der Waals surface area (Å²) in [6.45, 7) is 0. The van der Waals surface area contributed by atoms with E-state index in [4.69, 9.17) is 0 Å². The third kappa shape index (κ3) is 4.29. The molecular weight excluding hydrogens is 405 g/mol. The summed E-state index contributed by atoms with van der Waals surface area (Å²) in [5, 5.41) is 2.51. The first kappa shape index (κ1) is 20.9. The van der Waals surface area contributed by atoms with Crippen LogP contribution in [-0.2, 0) is 11.0 Å². The van der Waals surface area contributed by atoms with Crippen molar-refractivity contribution in [2.24, 2.45) is 0 Å². The van der Waals surface area contributed by atoms with Crippen LogP contribution in [0.2, 0.25) is 0 Å². The Balaban J connectivity index is 1.83. The van der Waals surface area contributed by atoms with Gasteiger partial charge >= 0.3 is 6.18 Å². The van der Waals surface area contributed by atoms with E-state index in [-0.39, 0.29) is 23.2 Å². The van der Waals surface area contributed by atoms with Gasteiger partial charge in [-0.3, -0.25) is 19.3 Å². The van der Waals surface area contributed by atoms with Crippen LogP contribution >= 0.6 is 11.8 Å². The zero-order chi connectivity index (χ0) is 21.2. The molecule has 1 atom stereocenters. The highest BCUT2D eigenvalue weighted by Crippen LogP contribution is 2.30. The molecule has 1 heterocycles. The Labute approximate surface area is 169 Å². The Morgan fingerprint density at radius 3 is 2.07 bits per heavy atom. The zero-order valence-corrected chi connectivity index (χ0v) is 16.1. The van der Waals surface area contributed by atoms with Crippen molar-refractivity contribution in [1.82, 2.24) is 4.90 Å². The number of thioether (sulfide) groups is 1. The van der Waals surface area contributed by atoms with Crippen molar-refractivity contribution in [3.63, 3.8) is 0 Å². The Bertz CT molecular complexity index is 910. The first-order valence-corrected chi connectivity index (χ1v) is 10.1. The van der Waals surface area contributed by atoms with Crippen LogP contribution in [-0.4, -0.2) is 40.7 Å². The molecular formula is C20H17F3N2O3S. The van der Waals surface area contributed by atoms with Gasteiger partial charge in [0.2, 0.25) is 5.91 Å². The summed E-state index contributed by atoms with van der Waals surface area (Å²) in [5.41, 5.74) is -0.230. The first-order chi connectivity index (χ1) is 13.7. The van der Waals surface area contributed by atoms with Crippen LogP contribution in [0.15, 0.2) is 48.5 Å². The molecule has 29 heavy (non-hydrogen) atoms. The lowest BCUT2D eigenvalue weighted by molar-refractivity contribution is -0.137. The summed E-state index contributed by atoms with van der Waals surface area (Å²) >= 11 is 1.45. The van der Waals surface area contributed by atoms with Gasteiger partial charge in [0.1, 0.15) is 6.04 Å². The second-order valence-electron chi connectivity index (χ2n) is 6.39. The third-order valence-corrected chi connectivity index (χ3v) is 5.16. The van der Waals surface area contributed by atoms with Crippen LogP contribution in [0.5, 0.6) is 0 Å². The highest BCUT2D eigenvalue weighted by molar-refractivity contribution is 7.98. The molecule has 3 amide bonds. The Morgan fingerprint density at radius 2 is 1.59 bits per heavy atom. The molecule has 0 saturated heterocycles. The first-order valence-electron chi connectivity index (χ1n) is 8.68. The smallest absolute Gasteiger partial charge is 0.324 e. The fourth-order valence-corrected chi connectivity index (χ4v) is 3.52. The van der Waals surface area contributed by atoms with Crippen LogP contribution in [0.3, 0.4) is 0 Å². The van der Waals surface area contributed by atoms with Crippen molar-refractivity contribution in [3.05, 3.63) is 65.2 Å². The lowest BCUT2D eigenvalue weighted by atomic mass is 10.1. The summed E-state index contributed by atoms with van der Waals surface area (Å²) in [6, 6.07) is 9.22. The second kappa shape index (κ2) is 8.28. The number of hydrogen-bond acceptors (Lipinski definition) is 4. The van der Waals surface area contributed by atoms with E-state index in [1.54, 1.807) is 12.1 Å². The van der Waals surface area contributed by atoms with Crippen LogP contribution in [0, 0.1) is 0 Å². The average molecular weight is 422 g/mol. The van der Waals surface area contributed by atoms with Crippen LogP contribution in [0.4, 0.5) is 18.9 Å². The molecule has 0 aliphatic carbocycles. The predicted molar refractivity (Wildman–Crippen MR) is 104 cm³/mol. The summed E-state index contributed by atoms with van der Waals surface area (Å²) in [7, 11) is 0. The van der Waals surface area contributed by atoms with Crippen molar-refractivity contribution in [3.8, 4) is 0 Å².